The number of anilines is 2. The van der Waals surface area contributed by atoms with E-state index in [2.05, 4.69) is 20.4 Å². The molecule has 0 amide bonds. The normalized spacial score (nSPS) is 15.5. The second-order valence-electron chi connectivity index (χ2n) is 5.61. The Balaban J connectivity index is 1.61. The van der Waals surface area contributed by atoms with Crippen molar-refractivity contribution in [3.8, 4) is 0 Å². The summed E-state index contributed by atoms with van der Waals surface area (Å²) in [6.07, 6.45) is -2.24. The third-order valence-corrected chi connectivity index (χ3v) is 4.11. The Kier molecular flexibility index (Phi) is 5.63. The number of aromatic nitrogens is 1. The Morgan fingerprint density at radius 3 is 2.50 bits per heavy atom. The minimum atomic E-state index is -4.49. The zero-order valence-electron chi connectivity index (χ0n) is 13.6. The maximum absolute atomic E-state index is 12.6. The summed E-state index contributed by atoms with van der Waals surface area (Å²) in [5.41, 5.74) is 3.58. The molecule has 1 saturated heterocycles. The Hall–Kier alpha value is -2.32. The van der Waals surface area contributed by atoms with Crippen LogP contribution in [-0.4, -0.2) is 37.5 Å². The molecule has 0 radical (unpaired) electrons. The third kappa shape index (κ3) is 4.64. The number of nitrogens with zero attached hydrogens (tertiary/aromatic N) is 3. The van der Waals surface area contributed by atoms with Gasteiger partial charge in [0.1, 0.15) is 0 Å². The van der Waals surface area contributed by atoms with Crippen molar-refractivity contribution in [2.75, 3.05) is 36.6 Å². The van der Waals surface area contributed by atoms with Crippen molar-refractivity contribution in [3.63, 3.8) is 0 Å². The summed E-state index contributed by atoms with van der Waals surface area (Å²) in [6, 6.07) is 8.57. The lowest BCUT2D eigenvalue weighted by molar-refractivity contribution is -0.137. The van der Waals surface area contributed by atoms with E-state index in [1.165, 1.54) is 0 Å². The molecule has 0 bridgehead atoms. The number of hydrazone groups is 1. The Morgan fingerprint density at radius 2 is 1.88 bits per heavy atom. The summed E-state index contributed by atoms with van der Waals surface area (Å²) in [4.78, 5) is 5.89. The lowest BCUT2D eigenvalue weighted by Gasteiger charge is -2.28. The fourth-order valence-corrected chi connectivity index (χ4v) is 2.64. The van der Waals surface area contributed by atoms with Crippen LogP contribution in [0.5, 0.6) is 0 Å². The summed E-state index contributed by atoms with van der Waals surface area (Å²) < 4.78 is 43.1. The first-order chi connectivity index (χ1) is 12.4. The van der Waals surface area contributed by atoms with Crippen LogP contribution in [0.3, 0.4) is 0 Å². The van der Waals surface area contributed by atoms with E-state index in [4.69, 9.17) is 16.3 Å². The number of hydrogen-bond donors (Lipinski definition) is 1. The summed E-state index contributed by atoms with van der Waals surface area (Å²) in [5, 5.41) is 3.82. The van der Waals surface area contributed by atoms with Crippen molar-refractivity contribution in [2.45, 2.75) is 6.18 Å². The molecule has 0 atom stereocenters. The molecule has 9 heteroatoms. The molecule has 0 saturated carbocycles. The van der Waals surface area contributed by atoms with E-state index in [1.54, 1.807) is 6.21 Å². The predicted molar refractivity (Wildman–Crippen MR) is 94.9 cm³/mol. The van der Waals surface area contributed by atoms with Crippen LogP contribution in [0.25, 0.3) is 0 Å². The molecule has 26 heavy (non-hydrogen) atoms. The number of hydrogen-bond acceptors (Lipinski definition) is 5. The number of benzene rings is 1. The predicted octanol–water partition coefficient (Wildman–Crippen LogP) is 4.04. The van der Waals surface area contributed by atoms with Crippen molar-refractivity contribution >= 4 is 29.3 Å². The molecule has 1 fully saturated rings. The highest BCUT2D eigenvalue weighted by Gasteiger charge is 2.31. The lowest BCUT2D eigenvalue weighted by Crippen LogP contribution is -2.36. The topological polar surface area (TPSA) is 49.8 Å². The van der Waals surface area contributed by atoms with Gasteiger partial charge in [-0.3, -0.25) is 5.43 Å². The minimum absolute atomic E-state index is 0.0563. The fourth-order valence-electron chi connectivity index (χ4n) is 2.44. The van der Waals surface area contributed by atoms with E-state index >= 15 is 0 Å². The van der Waals surface area contributed by atoms with Crippen LogP contribution in [-0.2, 0) is 10.9 Å². The van der Waals surface area contributed by atoms with Gasteiger partial charge in [-0.15, -0.1) is 0 Å². The summed E-state index contributed by atoms with van der Waals surface area (Å²) in [7, 11) is 0. The van der Waals surface area contributed by atoms with Crippen LogP contribution in [0.4, 0.5) is 24.7 Å². The van der Waals surface area contributed by atoms with Gasteiger partial charge in [0.15, 0.2) is 5.82 Å². The smallest absolute Gasteiger partial charge is 0.378 e. The van der Waals surface area contributed by atoms with Gasteiger partial charge < -0.3 is 9.64 Å². The molecule has 3 rings (SSSR count). The van der Waals surface area contributed by atoms with Gasteiger partial charge in [0, 0.05) is 25.0 Å². The summed E-state index contributed by atoms with van der Waals surface area (Å²) >= 11 is 5.81. The van der Waals surface area contributed by atoms with Gasteiger partial charge in [-0.05, 0) is 23.8 Å². The number of alkyl halides is 3. The average molecular weight is 385 g/mol. The van der Waals surface area contributed by atoms with E-state index in [0.29, 0.717) is 19.4 Å². The van der Waals surface area contributed by atoms with Crippen molar-refractivity contribution in [1.29, 1.82) is 0 Å². The second kappa shape index (κ2) is 7.92. The number of nitrogens with one attached hydrogen (secondary N) is 1. The number of rotatable bonds is 4. The zero-order chi connectivity index (χ0) is 18.6. The number of morpholine rings is 1. The molecule has 0 unspecified atom stereocenters. The zero-order valence-corrected chi connectivity index (χ0v) is 14.4. The molecular weight excluding hydrogens is 369 g/mol. The first-order valence-electron chi connectivity index (χ1n) is 7.88. The molecule has 1 aromatic heterocycles. The average Bonchev–Trinajstić information content (AvgIpc) is 2.63. The molecule has 5 nitrogen and oxygen atoms in total. The van der Waals surface area contributed by atoms with Crippen molar-refractivity contribution in [1.82, 2.24) is 4.98 Å². The van der Waals surface area contributed by atoms with Crippen LogP contribution < -0.4 is 10.3 Å². The Morgan fingerprint density at radius 1 is 1.19 bits per heavy atom. The summed E-state index contributed by atoms with van der Waals surface area (Å²) in [6.45, 7) is 3.14. The highest BCUT2D eigenvalue weighted by molar-refractivity contribution is 6.32. The first-order valence-corrected chi connectivity index (χ1v) is 8.26. The fraction of sp³-hybridized carbons (Fsp3) is 0.294. The molecule has 1 aliphatic rings. The van der Waals surface area contributed by atoms with Crippen molar-refractivity contribution < 1.29 is 17.9 Å². The van der Waals surface area contributed by atoms with Crippen LogP contribution in [0, 0.1) is 0 Å². The van der Waals surface area contributed by atoms with E-state index < -0.39 is 11.7 Å². The lowest BCUT2D eigenvalue weighted by atomic mass is 10.2. The molecule has 138 valence electrons. The minimum Gasteiger partial charge on any atom is -0.378 e. The SMILES string of the molecule is FC(F)(F)c1cnc(NN=Cc2ccc(N3CCOCC3)cc2)c(Cl)c1. The monoisotopic (exact) mass is 384 g/mol. The van der Waals surface area contributed by atoms with Gasteiger partial charge in [-0.2, -0.15) is 18.3 Å². The molecule has 1 N–H and O–H groups in total. The number of pyridine rings is 1. The highest BCUT2D eigenvalue weighted by atomic mass is 35.5. The molecule has 1 aromatic carbocycles. The van der Waals surface area contributed by atoms with Crippen LogP contribution >= 0.6 is 11.6 Å². The molecule has 2 heterocycles. The van der Waals surface area contributed by atoms with Gasteiger partial charge in [0.25, 0.3) is 0 Å². The molecule has 1 aliphatic heterocycles. The molecule has 0 aliphatic carbocycles. The van der Waals surface area contributed by atoms with Crippen LogP contribution in [0.1, 0.15) is 11.1 Å². The first kappa shape index (κ1) is 18.5. The number of halogens is 4. The molecule has 0 spiro atoms. The molecule has 2 aromatic rings. The quantitative estimate of drug-likeness (QED) is 0.638. The largest absolute Gasteiger partial charge is 0.417 e. The van der Waals surface area contributed by atoms with Gasteiger partial charge >= 0.3 is 6.18 Å². The van der Waals surface area contributed by atoms with E-state index in [9.17, 15) is 13.2 Å². The van der Waals surface area contributed by atoms with Crippen molar-refractivity contribution in [3.05, 3.63) is 52.7 Å². The maximum atomic E-state index is 12.6. The highest BCUT2D eigenvalue weighted by Crippen LogP contribution is 2.32. The van der Waals surface area contributed by atoms with Gasteiger partial charge in [0.2, 0.25) is 0 Å². The van der Waals surface area contributed by atoms with Crippen LogP contribution in [0.15, 0.2) is 41.6 Å². The summed E-state index contributed by atoms with van der Waals surface area (Å²) in [5.74, 6) is 0.0563. The van der Waals surface area contributed by atoms with Crippen molar-refractivity contribution in [2.24, 2.45) is 5.10 Å². The standard InChI is InChI=1S/C17H16ClF3N4O/c18-15-9-13(17(19,20)21)11-22-16(15)24-23-10-12-1-3-14(4-2-12)25-5-7-26-8-6-25/h1-4,9-11H,5-8H2,(H,22,24). The maximum Gasteiger partial charge on any atom is 0.417 e. The van der Waals surface area contributed by atoms with Gasteiger partial charge in [0.05, 0.1) is 30.0 Å². The Labute approximate surface area is 153 Å². The third-order valence-electron chi connectivity index (χ3n) is 3.82. The number of ether oxygens (including phenoxy) is 1. The van der Waals surface area contributed by atoms with Crippen LogP contribution in [0.2, 0.25) is 5.02 Å². The van der Waals surface area contributed by atoms with E-state index in [-0.39, 0.29) is 10.8 Å². The second-order valence-corrected chi connectivity index (χ2v) is 6.02. The molecular formula is C17H16ClF3N4O. The van der Waals surface area contributed by atoms with E-state index in [0.717, 1.165) is 30.4 Å². The Bertz CT molecular complexity index is 775. The van der Waals surface area contributed by atoms with Gasteiger partial charge in [-0.25, -0.2) is 4.98 Å². The van der Waals surface area contributed by atoms with E-state index in [1.807, 2.05) is 24.3 Å². The van der Waals surface area contributed by atoms with Gasteiger partial charge in [-0.1, -0.05) is 23.7 Å².